The Kier molecular flexibility index (Phi) is 3.84. The van der Waals surface area contributed by atoms with Gasteiger partial charge in [-0.3, -0.25) is 4.79 Å². The van der Waals surface area contributed by atoms with E-state index in [9.17, 15) is 17.6 Å². The zero-order valence-electron chi connectivity index (χ0n) is 10.6. The number of ketones is 1. The summed E-state index contributed by atoms with van der Waals surface area (Å²) in [6, 6.07) is 8.41. The number of Topliss-reactive ketones (excluding diaryl/α,β-unsaturated/α-hetero) is 1. The van der Waals surface area contributed by atoms with E-state index in [4.69, 9.17) is 11.6 Å². The Balaban J connectivity index is 2.34. The van der Waals surface area contributed by atoms with Gasteiger partial charge in [-0.2, -0.15) is 0 Å². The van der Waals surface area contributed by atoms with Gasteiger partial charge in [0.1, 0.15) is 5.38 Å². The van der Waals surface area contributed by atoms with Gasteiger partial charge in [-0.05, 0) is 6.08 Å². The summed E-state index contributed by atoms with van der Waals surface area (Å²) in [7, 11) is -4.03. The number of hydrogen-bond donors (Lipinski definition) is 0. The monoisotopic (exact) mass is 314 g/mol. The highest BCUT2D eigenvalue weighted by Crippen LogP contribution is 2.35. The van der Waals surface area contributed by atoms with Crippen molar-refractivity contribution < 1.29 is 17.6 Å². The third-order valence-electron chi connectivity index (χ3n) is 3.06. The fraction of sp³-hybridized carbons (Fsp3) is 0.214. The highest BCUT2D eigenvalue weighted by atomic mass is 35.5. The average Bonchev–Trinajstić information content (AvgIpc) is 2.41. The molecule has 2 atom stereocenters. The molecule has 1 aromatic carbocycles. The average molecular weight is 315 g/mol. The first kappa shape index (κ1) is 14.9. The third kappa shape index (κ3) is 2.55. The molecule has 0 fully saturated rings. The van der Waals surface area contributed by atoms with Crippen molar-refractivity contribution in [3.05, 3.63) is 59.7 Å². The molecule has 0 amide bonds. The normalized spacial score (nSPS) is 26.1. The molecule has 0 saturated carbocycles. The zero-order valence-corrected chi connectivity index (χ0v) is 12.2. The van der Waals surface area contributed by atoms with Crippen LogP contribution in [0, 0.1) is 0 Å². The molecule has 20 heavy (non-hydrogen) atoms. The molecule has 3 nitrogen and oxygen atoms in total. The molecule has 1 aromatic rings. The van der Waals surface area contributed by atoms with Gasteiger partial charge in [0.25, 0.3) is 0 Å². The lowest BCUT2D eigenvalue weighted by atomic mass is 9.97. The molecule has 0 bridgehead atoms. The van der Waals surface area contributed by atoms with E-state index in [1.807, 2.05) is 0 Å². The van der Waals surface area contributed by atoms with Gasteiger partial charge in [0.15, 0.2) is 15.6 Å². The Labute approximate surface area is 121 Å². The molecule has 1 aliphatic rings. The molecule has 0 radical (unpaired) electrons. The van der Waals surface area contributed by atoms with Crippen LogP contribution in [0.15, 0.2) is 54.1 Å². The molecule has 0 N–H and O–H groups in total. The zero-order chi connectivity index (χ0) is 15.0. The Morgan fingerprint density at radius 3 is 2.40 bits per heavy atom. The maximum Gasteiger partial charge on any atom is 0.248 e. The van der Waals surface area contributed by atoms with Crippen molar-refractivity contribution in [1.82, 2.24) is 0 Å². The van der Waals surface area contributed by atoms with Crippen LogP contribution in [0.2, 0.25) is 0 Å². The van der Waals surface area contributed by atoms with Crippen LogP contribution in [0.1, 0.15) is 10.4 Å². The van der Waals surface area contributed by atoms with Gasteiger partial charge in [-0.1, -0.05) is 42.5 Å². The quantitative estimate of drug-likeness (QED) is 0.636. The first-order valence-electron chi connectivity index (χ1n) is 5.79. The summed E-state index contributed by atoms with van der Waals surface area (Å²) in [5, 5.41) is -4.13. The minimum absolute atomic E-state index is 0.174. The molecule has 0 spiro atoms. The molecule has 2 unspecified atom stereocenters. The van der Waals surface area contributed by atoms with Gasteiger partial charge in [0.05, 0.1) is 0 Å². The molecule has 1 aliphatic carbocycles. The number of allylic oxidation sites excluding steroid dienone is 3. The highest BCUT2D eigenvalue weighted by Gasteiger charge is 2.46. The van der Waals surface area contributed by atoms with Crippen molar-refractivity contribution in [2.75, 3.05) is 6.26 Å². The maximum absolute atomic E-state index is 14.3. The molecule has 0 aromatic heterocycles. The first-order valence-corrected chi connectivity index (χ1v) is 8.12. The lowest BCUT2D eigenvalue weighted by Gasteiger charge is -2.26. The van der Waals surface area contributed by atoms with E-state index in [2.05, 4.69) is 0 Å². The summed E-state index contributed by atoms with van der Waals surface area (Å²) in [4.78, 5) is 12.2. The van der Waals surface area contributed by atoms with E-state index in [0.717, 1.165) is 24.5 Å². The van der Waals surface area contributed by atoms with Crippen LogP contribution in [0.3, 0.4) is 0 Å². The van der Waals surface area contributed by atoms with Crippen LogP contribution in [-0.4, -0.2) is 30.8 Å². The summed E-state index contributed by atoms with van der Waals surface area (Å²) < 4.78 is 37.2. The number of sulfone groups is 1. The Bertz CT molecular complexity index is 694. The van der Waals surface area contributed by atoms with Gasteiger partial charge >= 0.3 is 0 Å². The molecule has 0 heterocycles. The molecular weight excluding hydrogens is 303 g/mol. The molecule has 0 saturated heterocycles. The number of alkyl halides is 2. The topological polar surface area (TPSA) is 51.2 Å². The third-order valence-corrected chi connectivity index (χ3v) is 5.16. The van der Waals surface area contributed by atoms with Crippen molar-refractivity contribution in [1.29, 1.82) is 0 Å². The second kappa shape index (κ2) is 5.14. The highest BCUT2D eigenvalue weighted by molar-refractivity contribution is 7.92. The fourth-order valence-corrected chi connectivity index (χ4v) is 3.34. The van der Waals surface area contributed by atoms with E-state index < -0.39 is 20.2 Å². The van der Waals surface area contributed by atoms with Crippen LogP contribution in [0.4, 0.5) is 4.39 Å². The van der Waals surface area contributed by atoms with Crippen molar-refractivity contribution in [3.63, 3.8) is 0 Å². The molecule has 6 heteroatoms. The number of carbonyl (C=O) groups excluding carboxylic acids is 1. The van der Waals surface area contributed by atoms with Crippen molar-refractivity contribution >= 4 is 27.2 Å². The van der Waals surface area contributed by atoms with E-state index in [0.29, 0.717) is 5.56 Å². The van der Waals surface area contributed by atoms with Crippen LogP contribution in [0.5, 0.6) is 0 Å². The molecule has 2 rings (SSSR count). The fourth-order valence-electron chi connectivity index (χ4n) is 1.86. The predicted molar refractivity (Wildman–Crippen MR) is 76.3 cm³/mol. The van der Waals surface area contributed by atoms with E-state index in [1.54, 1.807) is 30.3 Å². The van der Waals surface area contributed by atoms with Gasteiger partial charge in [0.2, 0.25) is 5.00 Å². The second-order valence-electron chi connectivity index (χ2n) is 4.52. The van der Waals surface area contributed by atoms with E-state index in [1.165, 1.54) is 0 Å². The van der Waals surface area contributed by atoms with Gasteiger partial charge < -0.3 is 0 Å². The Morgan fingerprint density at radius 2 is 1.90 bits per heavy atom. The SMILES string of the molecule is CS(=O)(=O)C1(F)C=CC(C(=O)c2ccccc2)=CC1Cl. The van der Waals surface area contributed by atoms with Crippen molar-refractivity contribution in [3.8, 4) is 0 Å². The standard InChI is InChI=1S/C14H12ClFO3S/c1-20(18,19)14(16)8-7-11(9-12(14)15)13(17)10-5-3-2-4-6-10/h2-9,12H,1H3. The number of carbonyl (C=O) groups is 1. The summed E-state index contributed by atoms with van der Waals surface area (Å²) in [6.45, 7) is 0. The number of hydrogen-bond acceptors (Lipinski definition) is 3. The Morgan fingerprint density at radius 1 is 1.30 bits per heavy atom. The number of halogens is 2. The van der Waals surface area contributed by atoms with Crippen LogP contribution < -0.4 is 0 Å². The summed E-state index contributed by atoms with van der Waals surface area (Å²) in [6.07, 6.45) is 3.90. The van der Waals surface area contributed by atoms with E-state index in [-0.39, 0.29) is 11.4 Å². The largest absolute Gasteiger partial charge is 0.289 e. The first-order chi connectivity index (χ1) is 9.25. The van der Waals surface area contributed by atoms with Gasteiger partial charge in [-0.15, -0.1) is 11.6 Å². The smallest absolute Gasteiger partial charge is 0.248 e. The summed E-state index contributed by atoms with van der Waals surface area (Å²) in [5.41, 5.74) is 0.603. The molecule has 106 valence electrons. The minimum atomic E-state index is -4.03. The molecule has 0 aliphatic heterocycles. The van der Waals surface area contributed by atoms with Gasteiger partial charge in [0, 0.05) is 17.4 Å². The van der Waals surface area contributed by atoms with Crippen LogP contribution >= 0.6 is 11.6 Å². The predicted octanol–water partition coefficient (Wildman–Crippen LogP) is 2.68. The Hall–Kier alpha value is -1.46. The minimum Gasteiger partial charge on any atom is -0.289 e. The van der Waals surface area contributed by atoms with Crippen molar-refractivity contribution in [2.45, 2.75) is 10.4 Å². The maximum atomic E-state index is 14.3. The van der Waals surface area contributed by atoms with Gasteiger partial charge in [-0.25, -0.2) is 12.8 Å². The number of benzene rings is 1. The lowest BCUT2D eigenvalue weighted by Crippen LogP contribution is -2.41. The number of rotatable bonds is 3. The second-order valence-corrected chi connectivity index (χ2v) is 7.16. The lowest BCUT2D eigenvalue weighted by molar-refractivity contribution is 0.103. The molecular formula is C14H12ClFO3S. The summed E-state index contributed by atoms with van der Waals surface area (Å²) >= 11 is 5.80. The van der Waals surface area contributed by atoms with Crippen molar-refractivity contribution in [2.24, 2.45) is 0 Å². The van der Waals surface area contributed by atoms with Crippen LogP contribution in [0.25, 0.3) is 0 Å². The summed E-state index contributed by atoms with van der Waals surface area (Å²) in [5.74, 6) is -0.331. The van der Waals surface area contributed by atoms with Crippen LogP contribution in [-0.2, 0) is 9.84 Å². The van der Waals surface area contributed by atoms with E-state index >= 15 is 0 Å².